The number of hydrogen-bond acceptors (Lipinski definition) is 6. The Hall–Kier alpha value is -3.59. The molecule has 0 saturated carbocycles. The molecule has 33 heavy (non-hydrogen) atoms. The highest BCUT2D eigenvalue weighted by molar-refractivity contribution is 7.98. The fraction of sp³-hybridized carbons (Fsp3) is 0.208. The minimum Gasteiger partial charge on any atom is -0.491 e. The van der Waals surface area contributed by atoms with Crippen LogP contribution in [-0.2, 0) is 21.8 Å². The van der Waals surface area contributed by atoms with Gasteiger partial charge in [-0.3, -0.25) is 9.59 Å². The predicted octanol–water partition coefficient (Wildman–Crippen LogP) is 4.10. The molecule has 0 atom stereocenters. The predicted molar refractivity (Wildman–Crippen MR) is 124 cm³/mol. The number of hydrogen-bond donors (Lipinski definition) is 1. The summed E-state index contributed by atoms with van der Waals surface area (Å²) in [4.78, 5) is 37.5. The van der Waals surface area contributed by atoms with Crippen LogP contribution in [0.5, 0.6) is 5.75 Å². The number of nitrogens with zero attached hydrogens (tertiary/aromatic N) is 1. The van der Waals surface area contributed by atoms with Crippen LogP contribution >= 0.6 is 11.8 Å². The van der Waals surface area contributed by atoms with Crippen molar-refractivity contribution in [1.82, 2.24) is 4.57 Å². The second kappa shape index (κ2) is 11.3. The van der Waals surface area contributed by atoms with E-state index in [0.717, 1.165) is 4.90 Å². The van der Waals surface area contributed by atoms with Crippen molar-refractivity contribution in [2.75, 3.05) is 19.0 Å². The molecule has 0 saturated heterocycles. The molecular formula is C24H23FN2O5S. The van der Waals surface area contributed by atoms with Crippen LogP contribution in [0.1, 0.15) is 23.0 Å². The van der Waals surface area contributed by atoms with Gasteiger partial charge >= 0.3 is 5.97 Å². The van der Waals surface area contributed by atoms with E-state index in [1.165, 1.54) is 43.3 Å². The number of thioether (sulfide) groups is 1. The molecule has 1 heterocycles. The molecule has 0 bridgehead atoms. The highest BCUT2D eigenvalue weighted by Gasteiger charge is 2.12. The first-order valence-electron chi connectivity index (χ1n) is 10.1. The molecule has 3 aromatic rings. The SMILES string of the molecule is CCOC(=O)c1ccc(NC(=O)Cn2cc(OC)c(=O)cc2CSc2ccc(F)cc2)cc1. The minimum absolute atomic E-state index is 0.0599. The Bertz CT molecular complexity index is 1180. The third kappa shape index (κ3) is 6.69. The first-order chi connectivity index (χ1) is 15.9. The van der Waals surface area contributed by atoms with Crippen molar-refractivity contribution in [1.29, 1.82) is 0 Å². The van der Waals surface area contributed by atoms with Crippen LogP contribution in [0.25, 0.3) is 0 Å². The van der Waals surface area contributed by atoms with Crippen molar-refractivity contribution in [2.45, 2.75) is 24.1 Å². The first-order valence-corrected chi connectivity index (χ1v) is 11.1. The standard InChI is InChI=1S/C24H23FN2O5S/c1-3-32-24(30)16-4-8-18(9-5-16)26-23(29)14-27-13-22(31-2)21(28)12-19(27)15-33-20-10-6-17(25)7-11-20/h4-13H,3,14-15H2,1-2H3,(H,26,29). The fourth-order valence-corrected chi connectivity index (χ4v) is 3.86. The molecule has 0 radical (unpaired) electrons. The average Bonchev–Trinajstić information content (AvgIpc) is 2.80. The number of nitrogens with one attached hydrogen (secondary N) is 1. The number of methoxy groups -OCH3 is 1. The number of esters is 1. The molecule has 1 aromatic heterocycles. The number of anilines is 1. The highest BCUT2D eigenvalue weighted by Crippen LogP contribution is 2.23. The maximum Gasteiger partial charge on any atom is 0.338 e. The summed E-state index contributed by atoms with van der Waals surface area (Å²) in [6.45, 7) is 1.95. The van der Waals surface area contributed by atoms with Crippen molar-refractivity contribution in [3.63, 3.8) is 0 Å². The van der Waals surface area contributed by atoms with Gasteiger partial charge in [-0.2, -0.15) is 0 Å². The van der Waals surface area contributed by atoms with Crippen LogP contribution in [0, 0.1) is 5.82 Å². The highest BCUT2D eigenvalue weighted by atomic mass is 32.2. The van der Waals surface area contributed by atoms with Gasteiger partial charge < -0.3 is 19.4 Å². The largest absolute Gasteiger partial charge is 0.491 e. The zero-order valence-electron chi connectivity index (χ0n) is 18.2. The zero-order chi connectivity index (χ0) is 23.8. The summed E-state index contributed by atoms with van der Waals surface area (Å²) in [5.41, 5.74) is 1.23. The van der Waals surface area contributed by atoms with Crippen LogP contribution in [0.2, 0.25) is 0 Å². The Morgan fingerprint density at radius 3 is 2.42 bits per heavy atom. The number of ether oxygens (including phenoxy) is 2. The fourth-order valence-electron chi connectivity index (χ4n) is 2.97. The smallest absolute Gasteiger partial charge is 0.338 e. The Labute approximate surface area is 194 Å². The molecule has 1 N–H and O–H groups in total. The molecule has 2 aromatic carbocycles. The van der Waals surface area contributed by atoms with Gasteiger partial charge in [0.2, 0.25) is 11.3 Å². The van der Waals surface area contributed by atoms with Gasteiger partial charge in [0, 0.05) is 28.1 Å². The summed E-state index contributed by atoms with van der Waals surface area (Å²) in [6, 6.07) is 13.8. The first kappa shape index (κ1) is 24.1. The molecule has 7 nitrogen and oxygen atoms in total. The van der Waals surface area contributed by atoms with Crippen molar-refractivity contribution < 1.29 is 23.5 Å². The Kier molecular flexibility index (Phi) is 8.26. The van der Waals surface area contributed by atoms with Gasteiger partial charge in [-0.15, -0.1) is 11.8 Å². The zero-order valence-corrected chi connectivity index (χ0v) is 19.0. The van der Waals surface area contributed by atoms with Gasteiger partial charge in [0.05, 0.1) is 25.5 Å². The third-order valence-electron chi connectivity index (χ3n) is 4.60. The molecule has 172 valence electrons. The summed E-state index contributed by atoms with van der Waals surface area (Å²) >= 11 is 1.42. The summed E-state index contributed by atoms with van der Waals surface area (Å²) in [5.74, 6) is -0.562. The van der Waals surface area contributed by atoms with Crippen molar-refractivity contribution in [3.8, 4) is 5.75 Å². The van der Waals surface area contributed by atoms with Crippen LogP contribution in [0.15, 0.2) is 70.5 Å². The van der Waals surface area contributed by atoms with E-state index in [-0.39, 0.29) is 36.1 Å². The van der Waals surface area contributed by atoms with E-state index >= 15 is 0 Å². The van der Waals surface area contributed by atoms with E-state index in [2.05, 4.69) is 5.32 Å². The number of benzene rings is 2. The van der Waals surface area contributed by atoms with Gasteiger partial charge in [0.25, 0.3) is 0 Å². The van der Waals surface area contributed by atoms with Gasteiger partial charge in [-0.05, 0) is 55.5 Å². The normalized spacial score (nSPS) is 10.5. The molecule has 0 unspecified atom stereocenters. The number of carbonyl (C=O) groups excluding carboxylic acids is 2. The lowest BCUT2D eigenvalue weighted by Crippen LogP contribution is -2.22. The number of carbonyl (C=O) groups is 2. The van der Waals surface area contributed by atoms with Gasteiger partial charge in [0.1, 0.15) is 12.4 Å². The molecule has 0 aliphatic carbocycles. The number of halogens is 1. The van der Waals surface area contributed by atoms with E-state index in [4.69, 9.17) is 9.47 Å². The monoisotopic (exact) mass is 470 g/mol. The number of rotatable bonds is 9. The van der Waals surface area contributed by atoms with Crippen molar-refractivity contribution >= 4 is 29.3 Å². The lowest BCUT2D eigenvalue weighted by atomic mass is 10.2. The van der Waals surface area contributed by atoms with Crippen LogP contribution < -0.4 is 15.5 Å². The van der Waals surface area contributed by atoms with Gasteiger partial charge in [0.15, 0.2) is 5.75 Å². The van der Waals surface area contributed by atoms with Gasteiger partial charge in [-0.25, -0.2) is 9.18 Å². The van der Waals surface area contributed by atoms with Crippen LogP contribution in [-0.4, -0.2) is 30.2 Å². The molecule has 3 rings (SSSR count). The molecule has 0 aliphatic rings. The van der Waals surface area contributed by atoms with E-state index < -0.39 is 5.97 Å². The van der Waals surface area contributed by atoms with E-state index in [1.54, 1.807) is 47.9 Å². The number of amides is 1. The van der Waals surface area contributed by atoms with E-state index in [1.807, 2.05) is 0 Å². The Balaban J connectivity index is 1.72. The molecular weight excluding hydrogens is 447 g/mol. The summed E-state index contributed by atoms with van der Waals surface area (Å²) < 4.78 is 24.8. The second-order valence-corrected chi connectivity index (χ2v) is 7.96. The van der Waals surface area contributed by atoms with Gasteiger partial charge in [-0.1, -0.05) is 0 Å². The molecule has 0 spiro atoms. The summed E-state index contributed by atoms with van der Waals surface area (Å²) in [5, 5.41) is 2.77. The molecule has 1 amide bonds. The molecule has 0 fully saturated rings. The maximum atomic E-state index is 13.1. The lowest BCUT2D eigenvalue weighted by molar-refractivity contribution is -0.116. The quantitative estimate of drug-likeness (QED) is 0.374. The number of aromatic nitrogens is 1. The van der Waals surface area contributed by atoms with E-state index in [9.17, 15) is 18.8 Å². The minimum atomic E-state index is -0.431. The van der Waals surface area contributed by atoms with Crippen molar-refractivity contribution in [2.24, 2.45) is 0 Å². The molecule has 9 heteroatoms. The maximum absolute atomic E-state index is 13.1. The molecule has 0 aliphatic heterocycles. The second-order valence-electron chi connectivity index (χ2n) is 6.91. The Morgan fingerprint density at radius 1 is 1.09 bits per heavy atom. The van der Waals surface area contributed by atoms with Crippen LogP contribution in [0.4, 0.5) is 10.1 Å². The Morgan fingerprint density at radius 2 is 1.79 bits per heavy atom. The lowest BCUT2D eigenvalue weighted by Gasteiger charge is -2.15. The number of pyridine rings is 1. The van der Waals surface area contributed by atoms with Crippen LogP contribution in [0.3, 0.4) is 0 Å². The average molecular weight is 471 g/mol. The third-order valence-corrected chi connectivity index (χ3v) is 5.64. The van der Waals surface area contributed by atoms with E-state index in [0.29, 0.717) is 22.7 Å². The van der Waals surface area contributed by atoms with Crippen molar-refractivity contribution in [3.05, 3.63) is 88.1 Å². The topological polar surface area (TPSA) is 86.6 Å². The summed E-state index contributed by atoms with van der Waals surface area (Å²) in [6.07, 6.45) is 1.49. The summed E-state index contributed by atoms with van der Waals surface area (Å²) in [7, 11) is 1.39.